The van der Waals surface area contributed by atoms with Gasteiger partial charge in [-0.3, -0.25) is 4.68 Å². The standard InChI is InChI=1S/C19H21N5O2S/c1-13-4-6-16(7-5-13)27(25,26)24-9-8-18-17(12-24)14(2)21-19(22-18)15-10-20-23(3)11-15/h4-7,10-11H,8-9,12H2,1-3H3. The number of aromatic nitrogens is 4. The molecule has 4 rings (SSSR count). The lowest BCUT2D eigenvalue weighted by molar-refractivity contribution is 0.385. The van der Waals surface area contributed by atoms with E-state index in [0.717, 1.165) is 28.1 Å². The van der Waals surface area contributed by atoms with Gasteiger partial charge < -0.3 is 0 Å². The number of sulfonamides is 1. The summed E-state index contributed by atoms with van der Waals surface area (Å²) < 4.78 is 29.2. The second-order valence-corrected chi connectivity index (χ2v) is 8.80. The molecule has 0 saturated carbocycles. The highest BCUT2D eigenvalue weighted by Crippen LogP contribution is 2.27. The molecule has 140 valence electrons. The van der Waals surface area contributed by atoms with Crippen molar-refractivity contribution < 1.29 is 8.42 Å². The van der Waals surface area contributed by atoms with E-state index in [4.69, 9.17) is 0 Å². The van der Waals surface area contributed by atoms with E-state index in [0.29, 0.717) is 30.2 Å². The van der Waals surface area contributed by atoms with Crippen molar-refractivity contribution in [3.63, 3.8) is 0 Å². The smallest absolute Gasteiger partial charge is 0.243 e. The Kier molecular flexibility index (Phi) is 4.32. The molecule has 1 aliphatic heterocycles. The number of hydrogen-bond donors (Lipinski definition) is 0. The monoisotopic (exact) mass is 383 g/mol. The molecule has 0 amide bonds. The van der Waals surface area contributed by atoms with E-state index in [1.165, 1.54) is 4.31 Å². The second kappa shape index (κ2) is 6.54. The van der Waals surface area contributed by atoms with Crippen LogP contribution in [0.3, 0.4) is 0 Å². The van der Waals surface area contributed by atoms with Crippen LogP contribution >= 0.6 is 0 Å². The van der Waals surface area contributed by atoms with Crippen LogP contribution in [0.1, 0.15) is 22.5 Å². The molecule has 0 saturated heterocycles. The first-order valence-electron chi connectivity index (χ1n) is 8.77. The van der Waals surface area contributed by atoms with Crippen molar-refractivity contribution in [1.29, 1.82) is 0 Å². The molecule has 0 atom stereocenters. The Morgan fingerprint density at radius 3 is 2.48 bits per heavy atom. The zero-order valence-corrected chi connectivity index (χ0v) is 16.4. The van der Waals surface area contributed by atoms with Crippen LogP contribution < -0.4 is 0 Å². The number of aryl methyl sites for hydroxylation is 3. The zero-order valence-electron chi connectivity index (χ0n) is 15.5. The molecule has 0 spiro atoms. The minimum absolute atomic E-state index is 0.296. The quantitative estimate of drug-likeness (QED) is 0.693. The summed E-state index contributed by atoms with van der Waals surface area (Å²) >= 11 is 0. The number of rotatable bonds is 3. The van der Waals surface area contributed by atoms with Gasteiger partial charge in [0.1, 0.15) is 0 Å². The molecule has 27 heavy (non-hydrogen) atoms. The normalized spacial score (nSPS) is 14.9. The summed E-state index contributed by atoms with van der Waals surface area (Å²) in [5.41, 5.74) is 4.51. The van der Waals surface area contributed by atoms with E-state index in [-0.39, 0.29) is 0 Å². The highest BCUT2D eigenvalue weighted by Gasteiger charge is 2.30. The van der Waals surface area contributed by atoms with Crippen molar-refractivity contribution >= 4 is 10.0 Å². The molecule has 8 heteroatoms. The number of hydrogen-bond acceptors (Lipinski definition) is 5. The fraction of sp³-hybridized carbons (Fsp3) is 0.316. The van der Waals surface area contributed by atoms with E-state index < -0.39 is 10.0 Å². The first-order valence-corrected chi connectivity index (χ1v) is 10.2. The van der Waals surface area contributed by atoms with Crippen molar-refractivity contribution in [2.24, 2.45) is 7.05 Å². The predicted octanol–water partition coefficient (Wildman–Crippen LogP) is 2.24. The summed E-state index contributed by atoms with van der Waals surface area (Å²) in [6.07, 6.45) is 4.17. The largest absolute Gasteiger partial charge is 0.275 e. The molecule has 1 aromatic carbocycles. The molecule has 7 nitrogen and oxygen atoms in total. The second-order valence-electron chi connectivity index (χ2n) is 6.86. The van der Waals surface area contributed by atoms with E-state index >= 15 is 0 Å². The zero-order chi connectivity index (χ0) is 19.2. The Hall–Kier alpha value is -2.58. The average Bonchev–Trinajstić information content (AvgIpc) is 3.08. The molecular weight excluding hydrogens is 362 g/mol. The van der Waals surface area contributed by atoms with Gasteiger partial charge in [-0.05, 0) is 26.0 Å². The first-order chi connectivity index (χ1) is 12.8. The Bertz CT molecular complexity index is 1100. The highest BCUT2D eigenvalue weighted by molar-refractivity contribution is 7.89. The molecule has 0 N–H and O–H groups in total. The van der Waals surface area contributed by atoms with Gasteiger partial charge in [0.15, 0.2) is 5.82 Å². The summed E-state index contributed by atoms with van der Waals surface area (Å²) in [7, 11) is -1.68. The van der Waals surface area contributed by atoms with E-state index in [1.807, 2.05) is 39.2 Å². The Morgan fingerprint density at radius 2 is 1.81 bits per heavy atom. The maximum atomic E-state index is 13.0. The highest BCUT2D eigenvalue weighted by atomic mass is 32.2. The summed E-state index contributed by atoms with van der Waals surface area (Å²) in [6, 6.07) is 6.96. The summed E-state index contributed by atoms with van der Waals surface area (Å²) in [6.45, 7) is 4.55. The van der Waals surface area contributed by atoms with Crippen LogP contribution in [0.4, 0.5) is 0 Å². The Morgan fingerprint density at radius 1 is 1.07 bits per heavy atom. The lowest BCUT2D eigenvalue weighted by Crippen LogP contribution is -2.37. The van der Waals surface area contributed by atoms with Crippen LogP contribution in [0.5, 0.6) is 0 Å². The van der Waals surface area contributed by atoms with Gasteiger partial charge in [0, 0.05) is 44.0 Å². The fourth-order valence-electron chi connectivity index (χ4n) is 3.28. The molecule has 3 heterocycles. The van der Waals surface area contributed by atoms with Crippen LogP contribution in [0, 0.1) is 13.8 Å². The van der Waals surface area contributed by atoms with Gasteiger partial charge in [-0.25, -0.2) is 18.4 Å². The van der Waals surface area contributed by atoms with E-state index in [9.17, 15) is 8.42 Å². The molecule has 0 bridgehead atoms. The third-order valence-electron chi connectivity index (χ3n) is 4.85. The molecule has 0 fully saturated rings. The SMILES string of the molecule is Cc1ccc(S(=O)(=O)N2CCc3nc(-c4cnn(C)c4)nc(C)c3C2)cc1. The van der Waals surface area contributed by atoms with Crippen LogP contribution in [-0.2, 0) is 30.0 Å². The topological polar surface area (TPSA) is 81.0 Å². The van der Waals surface area contributed by atoms with Crippen molar-refractivity contribution in [2.75, 3.05) is 6.54 Å². The third-order valence-corrected chi connectivity index (χ3v) is 6.71. The van der Waals surface area contributed by atoms with Gasteiger partial charge in [-0.2, -0.15) is 9.40 Å². The lowest BCUT2D eigenvalue weighted by Gasteiger charge is -2.28. The van der Waals surface area contributed by atoms with Gasteiger partial charge in [0.2, 0.25) is 10.0 Å². The summed E-state index contributed by atoms with van der Waals surface area (Å²) in [4.78, 5) is 9.58. The van der Waals surface area contributed by atoms with Gasteiger partial charge in [-0.15, -0.1) is 0 Å². The minimum atomic E-state index is -3.53. The van der Waals surface area contributed by atoms with Gasteiger partial charge in [0.25, 0.3) is 0 Å². The van der Waals surface area contributed by atoms with Crippen LogP contribution in [0.25, 0.3) is 11.4 Å². The Balaban J connectivity index is 1.66. The molecular formula is C19H21N5O2S. The maximum absolute atomic E-state index is 13.0. The number of fused-ring (bicyclic) bond motifs is 1. The molecule has 2 aromatic heterocycles. The Labute approximate surface area is 158 Å². The van der Waals surface area contributed by atoms with Crippen molar-refractivity contribution in [2.45, 2.75) is 31.7 Å². The van der Waals surface area contributed by atoms with Crippen molar-refractivity contribution in [3.05, 3.63) is 59.2 Å². The van der Waals surface area contributed by atoms with Gasteiger partial charge >= 0.3 is 0 Å². The van der Waals surface area contributed by atoms with E-state index in [1.54, 1.807) is 23.0 Å². The predicted molar refractivity (Wildman–Crippen MR) is 101 cm³/mol. The average molecular weight is 383 g/mol. The molecule has 1 aliphatic rings. The van der Waals surface area contributed by atoms with Crippen LogP contribution in [-0.4, -0.2) is 39.0 Å². The van der Waals surface area contributed by atoms with Gasteiger partial charge in [0.05, 0.1) is 22.3 Å². The van der Waals surface area contributed by atoms with Crippen LogP contribution in [0.15, 0.2) is 41.6 Å². The summed E-state index contributed by atoms with van der Waals surface area (Å²) in [5.74, 6) is 0.634. The van der Waals surface area contributed by atoms with Crippen molar-refractivity contribution in [3.8, 4) is 11.4 Å². The fourth-order valence-corrected chi connectivity index (χ4v) is 4.69. The van der Waals surface area contributed by atoms with Crippen LogP contribution in [0.2, 0.25) is 0 Å². The van der Waals surface area contributed by atoms with E-state index in [2.05, 4.69) is 15.1 Å². The molecule has 3 aromatic rings. The maximum Gasteiger partial charge on any atom is 0.243 e. The minimum Gasteiger partial charge on any atom is -0.275 e. The van der Waals surface area contributed by atoms with Gasteiger partial charge in [-0.1, -0.05) is 17.7 Å². The van der Waals surface area contributed by atoms with Crippen molar-refractivity contribution in [1.82, 2.24) is 24.1 Å². The number of benzene rings is 1. The first kappa shape index (κ1) is 17.8. The lowest BCUT2D eigenvalue weighted by atomic mass is 10.1. The summed E-state index contributed by atoms with van der Waals surface area (Å²) in [5, 5.41) is 4.17. The molecule has 0 unspecified atom stereocenters. The molecule has 0 aliphatic carbocycles. The number of nitrogens with zero attached hydrogens (tertiary/aromatic N) is 5. The third kappa shape index (κ3) is 3.26. The molecule has 0 radical (unpaired) electrons.